The molecule has 0 saturated carbocycles. The zero-order valence-corrected chi connectivity index (χ0v) is 6.47. The van der Waals surface area contributed by atoms with Gasteiger partial charge in [-0.05, 0) is 24.6 Å². The van der Waals surface area contributed by atoms with Crippen molar-refractivity contribution in [3.63, 3.8) is 0 Å². The van der Waals surface area contributed by atoms with Crippen molar-refractivity contribution in [2.24, 2.45) is 0 Å². The third kappa shape index (κ3) is 1.63. The van der Waals surface area contributed by atoms with Crippen LogP contribution in [-0.4, -0.2) is 0 Å². The van der Waals surface area contributed by atoms with Gasteiger partial charge in [-0.15, -0.1) is 0 Å². The molecule has 1 rings (SSSR count). The fraction of sp³-hybridized carbons (Fsp3) is 0.143. The highest BCUT2D eigenvalue weighted by Crippen LogP contribution is 2.07. The molecule has 0 amide bonds. The minimum atomic E-state index is -2.41. The van der Waals surface area contributed by atoms with E-state index >= 15 is 0 Å². The minimum Gasteiger partial charge on any atom is -0.591 e. The summed E-state index contributed by atoms with van der Waals surface area (Å²) in [5.41, 5.74) is 0.969. The van der Waals surface area contributed by atoms with Crippen LogP contribution in [0.5, 0.6) is 0 Å². The Bertz CT molecular complexity index is 258. The van der Waals surface area contributed by atoms with Crippen LogP contribution in [0.3, 0.4) is 0 Å². The molecule has 1 unspecified atom stereocenters. The van der Waals surface area contributed by atoms with Gasteiger partial charge in [0, 0.05) is 0 Å². The molecule has 1 aromatic rings. The van der Waals surface area contributed by atoms with Gasteiger partial charge in [0.1, 0.15) is 0 Å². The molecule has 0 N–H and O–H groups in total. The fourth-order valence-electron chi connectivity index (χ4n) is 0.742. The maximum absolute atomic E-state index is 10.4. The second kappa shape index (κ2) is 2.91. The first kappa shape index (κ1) is 7.39. The van der Waals surface area contributed by atoms with Crippen molar-refractivity contribution in [2.75, 3.05) is 0 Å². The second-order valence-electron chi connectivity index (χ2n) is 2.10. The van der Waals surface area contributed by atoms with Crippen molar-refractivity contribution in [3.05, 3.63) is 29.8 Å². The normalized spacial score (nSPS) is 11.2. The van der Waals surface area contributed by atoms with Crippen molar-refractivity contribution in [1.29, 1.82) is 0 Å². The summed E-state index contributed by atoms with van der Waals surface area (Å²) in [7, 11) is -2.41. The molecule has 3 heteroatoms. The van der Waals surface area contributed by atoms with E-state index in [1.54, 1.807) is 18.2 Å². The van der Waals surface area contributed by atoms with E-state index in [4.69, 9.17) is 0 Å². The Labute approximate surface area is 60.4 Å². The van der Waals surface area contributed by atoms with Crippen LogP contribution < -0.4 is 10.2 Å². The monoisotopic (exact) mass is 154 g/mol. The van der Waals surface area contributed by atoms with E-state index in [9.17, 15) is 9.46 Å². The molecule has 0 heterocycles. The molecule has 1 aromatic carbocycles. The van der Waals surface area contributed by atoms with Crippen LogP contribution in [-0.2, 0) is 4.57 Å². The topological polar surface area (TPSA) is 40.1 Å². The van der Waals surface area contributed by atoms with E-state index in [1.165, 1.54) is 0 Å². The maximum atomic E-state index is 10.4. The number of hydrogen-bond acceptors (Lipinski definition) is 2. The average Bonchev–Trinajstić information content (AvgIpc) is 1.88. The Balaban J connectivity index is 3.07. The summed E-state index contributed by atoms with van der Waals surface area (Å²) in [4.78, 5) is 10.4. The number of rotatable bonds is 1. The molecular formula is C7H7O2P. The van der Waals surface area contributed by atoms with Crippen molar-refractivity contribution in [2.45, 2.75) is 6.92 Å². The van der Waals surface area contributed by atoms with Gasteiger partial charge >= 0.3 is 8.03 Å². The smallest absolute Gasteiger partial charge is 0.348 e. The first-order valence-corrected chi connectivity index (χ1v) is 4.09. The molecule has 52 valence electrons. The molecule has 0 spiro atoms. The molecule has 1 atom stereocenters. The summed E-state index contributed by atoms with van der Waals surface area (Å²) in [5, 5.41) is 0.384. The summed E-state index contributed by atoms with van der Waals surface area (Å²) in [6.07, 6.45) is 0. The summed E-state index contributed by atoms with van der Waals surface area (Å²) in [5.74, 6) is 0. The SMILES string of the molecule is Cc1cccc([P+](=O)[O-])c1. The Kier molecular flexibility index (Phi) is 2.15. The van der Waals surface area contributed by atoms with Gasteiger partial charge in [-0.2, -0.15) is 0 Å². The van der Waals surface area contributed by atoms with E-state index in [2.05, 4.69) is 0 Å². The van der Waals surface area contributed by atoms with E-state index < -0.39 is 8.03 Å². The Morgan fingerprint density at radius 2 is 2.20 bits per heavy atom. The Morgan fingerprint density at radius 1 is 1.50 bits per heavy atom. The molecular weight excluding hydrogens is 147 g/mol. The van der Waals surface area contributed by atoms with Crippen molar-refractivity contribution in [3.8, 4) is 0 Å². The predicted octanol–water partition coefficient (Wildman–Crippen LogP) is 0.723. The summed E-state index contributed by atoms with van der Waals surface area (Å²) >= 11 is 0. The molecule has 10 heavy (non-hydrogen) atoms. The van der Waals surface area contributed by atoms with Crippen LogP contribution in [0.15, 0.2) is 24.3 Å². The lowest BCUT2D eigenvalue weighted by Crippen LogP contribution is -2.03. The van der Waals surface area contributed by atoms with Crippen LogP contribution >= 0.6 is 8.03 Å². The van der Waals surface area contributed by atoms with E-state index in [0.717, 1.165) is 5.56 Å². The molecule has 0 aliphatic carbocycles. The molecule has 2 nitrogen and oxygen atoms in total. The van der Waals surface area contributed by atoms with Crippen molar-refractivity contribution in [1.82, 2.24) is 0 Å². The molecule has 0 radical (unpaired) electrons. The summed E-state index contributed by atoms with van der Waals surface area (Å²) in [6.45, 7) is 1.86. The van der Waals surface area contributed by atoms with Gasteiger partial charge in [-0.3, -0.25) is 0 Å². The molecule has 0 aromatic heterocycles. The third-order valence-corrected chi connectivity index (χ3v) is 1.91. The van der Waals surface area contributed by atoms with Crippen molar-refractivity contribution >= 4 is 13.3 Å². The third-order valence-electron chi connectivity index (χ3n) is 1.21. The molecule has 0 aliphatic heterocycles. The first-order chi connectivity index (χ1) is 4.70. The van der Waals surface area contributed by atoms with Gasteiger partial charge in [-0.1, -0.05) is 16.7 Å². The lowest BCUT2D eigenvalue weighted by Gasteiger charge is -1.90. The lowest BCUT2D eigenvalue weighted by atomic mass is 10.2. The molecule has 0 aliphatic rings. The van der Waals surface area contributed by atoms with Crippen LogP contribution in [0, 0.1) is 6.92 Å². The fourth-order valence-corrected chi connectivity index (χ4v) is 1.26. The highest BCUT2D eigenvalue weighted by molar-refractivity contribution is 7.45. The van der Waals surface area contributed by atoms with Crippen LogP contribution in [0.4, 0.5) is 0 Å². The lowest BCUT2D eigenvalue weighted by molar-refractivity contribution is -0.160. The minimum absolute atomic E-state index is 0.384. The largest absolute Gasteiger partial charge is 0.591 e. The second-order valence-corrected chi connectivity index (χ2v) is 3.13. The van der Waals surface area contributed by atoms with Gasteiger partial charge < -0.3 is 4.89 Å². The van der Waals surface area contributed by atoms with Crippen LogP contribution in [0.2, 0.25) is 0 Å². The Hall–Kier alpha value is -0.720. The standard InChI is InChI=1S/C7H7O2P/c1-6-3-2-4-7(5-6)10(8)9/h2-5H,1H3. The summed E-state index contributed by atoms with van der Waals surface area (Å²) in [6, 6.07) is 6.82. The van der Waals surface area contributed by atoms with E-state index in [0.29, 0.717) is 5.30 Å². The van der Waals surface area contributed by atoms with Crippen molar-refractivity contribution < 1.29 is 9.46 Å². The molecule has 0 fully saturated rings. The highest BCUT2D eigenvalue weighted by Gasteiger charge is 2.04. The number of benzene rings is 1. The number of hydrogen-bond donors (Lipinski definition) is 0. The predicted molar refractivity (Wildman–Crippen MR) is 38.4 cm³/mol. The molecule has 0 bridgehead atoms. The van der Waals surface area contributed by atoms with Gasteiger partial charge in [0.2, 0.25) is 0 Å². The maximum Gasteiger partial charge on any atom is 0.348 e. The average molecular weight is 154 g/mol. The zero-order chi connectivity index (χ0) is 7.56. The number of aryl methyl sites for hydroxylation is 1. The van der Waals surface area contributed by atoms with Crippen LogP contribution in [0.1, 0.15) is 5.56 Å². The quantitative estimate of drug-likeness (QED) is 0.559. The van der Waals surface area contributed by atoms with E-state index in [1.807, 2.05) is 13.0 Å². The van der Waals surface area contributed by atoms with Gasteiger partial charge in [0.15, 0.2) is 5.30 Å². The first-order valence-electron chi connectivity index (χ1n) is 2.91. The van der Waals surface area contributed by atoms with Gasteiger partial charge in [-0.25, -0.2) is 0 Å². The zero-order valence-electron chi connectivity index (χ0n) is 5.57. The highest BCUT2D eigenvalue weighted by atomic mass is 31.1. The molecule has 0 saturated heterocycles. The Morgan fingerprint density at radius 3 is 2.60 bits per heavy atom. The summed E-state index contributed by atoms with van der Waals surface area (Å²) < 4.78 is 10.4. The van der Waals surface area contributed by atoms with E-state index in [-0.39, 0.29) is 0 Å². The van der Waals surface area contributed by atoms with Crippen LogP contribution in [0.25, 0.3) is 0 Å². The van der Waals surface area contributed by atoms with Gasteiger partial charge in [0.25, 0.3) is 0 Å². The van der Waals surface area contributed by atoms with Gasteiger partial charge in [0.05, 0.1) is 0 Å².